The molecule has 0 saturated carbocycles. The SMILES string of the molecule is CCNC(=NCc1ccccc1OC)NCC(CC(C)C)N1CCOCC1. The molecule has 1 aromatic carbocycles. The number of nitrogens with one attached hydrogen (secondary N) is 2. The van der Waals surface area contributed by atoms with Crippen LogP contribution >= 0.6 is 0 Å². The lowest BCUT2D eigenvalue weighted by atomic mass is 10.0. The van der Waals surface area contributed by atoms with E-state index in [1.165, 1.54) is 6.42 Å². The summed E-state index contributed by atoms with van der Waals surface area (Å²) in [5.74, 6) is 2.39. The van der Waals surface area contributed by atoms with Gasteiger partial charge in [0.1, 0.15) is 5.75 Å². The van der Waals surface area contributed by atoms with Gasteiger partial charge in [-0.25, -0.2) is 4.99 Å². The average Bonchev–Trinajstić information content (AvgIpc) is 2.69. The molecule has 1 aliphatic heterocycles. The van der Waals surface area contributed by atoms with Crippen LogP contribution < -0.4 is 15.4 Å². The van der Waals surface area contributed by atoms with Crippen molar-refractivity contribution in [2.24, 2.45) is 10.9 Å². The normalized spacial score (nSPS) is 17.0. The van der Waals surface area contributed by atoms with Gasteiger partial charge in [0.15, 0.2) is 5.96 Å². The monoisotopic (exact) mass is 376 g/mol. The summed E-state index contributed by atoms with van der Waals surface area (Å²) >= 11 is 0. The van der Waals surface area contributed by atoms with Crippen LogP contribution in [0.3, 0.4) is 0 Å². The van der Waals surface area contributed by atoms with Gasteiger partial charge in [0.05, 0.1) is 26.9 Å². The highest BCUT2D eigenvalue weighted by molar-refractivity contribution is 5.79. The number of methoxy groups -OCH3 is 1. The molecule has 0 aromatic heterocycles. The first-order chi connectivity index (χ1) is 13.1. The summed E-state index contributed by atoms with van der Waals surface area (Å²) in [6.07, 6.45) is 1.17. The number of para-hydroxylation sites is 1. The molecule has 152 valence electrons. The number of nitrogens with zero attached hydrogens (tertiary/aromatic N) is 2. The molecule has 2 rings (SSSR count). The van der Waals surface area contributed by atoms with Crippen LogP contribution in [0.15, 0.2) is 29.3 Å². The van der Waals surface area contributed by atoms with Crippen LogP contribution in [0.4, 0.5) is 0 Å². The van der Waals surface area contributed by atoms with E-state index >= 15 is 0 Å². The number of rotatable bonds is 9. The molecular formula is C21H36N4O2. The number of hydrogen-bond acceptors (Lipinski definition) is 4. The second kappa shape index (κ2) is 11.8. The minimum atomic E-state index is 0.490. The van der Waals surface area contributed by atoms with E-state index in [-0.39, 0.29) is 0 Å². The Balaban J connectivity index is 1.99. The van der Waals surface area contributed by atoms with Crippen LogP contribution in [-0.2, 0) is 11.3 Å². The first-order valence-corrected chi connectivity index (χ1v) is 10.1. The first-order valence-electron chi connectivity index (χ1n) is 10.1. The topological polar surface area (TPSA) is 58.1 Å². The summed E-state index contributed by atoms with van der Waals surface area (Å²) in [6, 6.07) is 8.52. The Bertz CT molecular complexity index is 571. The molecule has 27 heavy (non-hydrogen) atoms. The Hall–Kier alpha value is -1.79. The zero-order chi connectivity index (χ0) is 19.5. The van der Waals surface area contributed by atoms with Crippen molar-refractivity contribution in [3.8, 4) is 5.75 Å². The third kappa shape index (κ3) is 7.39. The summed E-state index contributed by atoms with van der Waals surface area (Å²) in [5, 5.41) is 6.90. The van der Waals surface area contributed by atoms with Gasteiger partial charge in [-0.05, 0) is 25.3 Å². The third-order valence-corrected chi connectivity index (χ3v) is 4.75. The van der Waals surface area contributed by atoms with Crippen LogP contribution in [0.2, 0.25) is 0 Å². The van der Waals surface area contributed by atoms with Crippen molar-refractivity contribution in [1.82, 2.24) is 15.5 Å². The molecule has 6 heteroatoms. The molecule has 2 N–H and O–H groups in total. The highest BCUT2D eigenvalue weighted by Crippen LogP contribution is 2.18. The largest absolute Gasteiger partial charge is 0.496 e. The minimum Gasteiger partial charge on any atom is -0.496 e. The van der Waals surface area contributed by atoms with E-state index in [1.807, 2.05) is 18.2 Å². The van der Waals surface area contributed by atoms with Gasteiger partial charge in [-0.2, -0.15) is 0 Å². The number of ether oxygens (including phenoxy) is 2. The lowest BCUT2D eigenvalue weighted by molar-refractivity contribution is 0.0132. The standard InChI is InChI=1S/C21H36N4O2/c1-5-22-21(23-15-18-8-6-7-9-20(18)26-4)24-16-19(14-17(2)3)25-10-12-27-13-11-25/h6-9,17,19H,5,10-16H2,1-4H3,(H2,22,23,24). The Labute approximate surface area is 164 Å². The molecule has 1 aromatic rings. The van der Waals surface area contributed by atoms with Crippen molar-refractivity contribution in [2.75, 3.05) is 46.5 Å². The number of morpholine rings is 1. The van der Waals surface area contributed by atoms with E-state index in [2.05, 4.69) is 42.4 Å². The molecule has 1 atom stereocenters. The van der Waals surface area contributed by atoms with Gasteiger partial charge in [-0.15, -0.1) is 0 Å². The van der Waals surface area contributed by atoms with E-state index in [0.717, 1.165) is 56.7 Å². The number of hydrogen-bond donors (Lipinski definition) is 2. The summed E-state index contributed by atoms with van der Waals surface area (Å²) in [6.45, 7) is 12.7. The van der Waals surface area contributed by atoms with Gasteiger partial charge in [-0.3, -0.25) is 4.90 Å². The van der Waals surface area contributed by atoms with Gasteiger partial charge >= 0.3 is 0 Å². The number of aliphatic imine (C=N–C) groups is 1. The summed E-state index contributed by atoms with van der Waals surface area (Å²) < 4.78 is 10.9. The molecule has 0 aliphatic carbocycles. The average molecular weight is 377 g/mol. The zero-order valence-electron chi connectivity index (χ0n) is 17.3. The summed E-state index contributed by atoms with van der Waals surface area (Å²) in [4.78, 5) is 7.30. The fourth-order valence-electron chi connectivity index (χ4n) is 3.40. The van der Waals surface area contributed by atoms with Crippen molar-refractivity contribution in [1.29, 1.82) is 0 Å². The lowest BCUT2D eigenvalue weighted by Gasteiger charge is -2.35. The second-order valence-electron chi connectivity index (χ2n) is 7.32. The molecule has 1 heterocycles. The molecule has 1 fully saturated rings. The Morgan fingerprint density at radius 3 is 2.63 bits per heavy atom. The lowest BCUT2D eigenvalue weighted by Crippen LogP contribution is -2.51. The van der Waals surface area contributed by atoms with E-state index in [9.17, 15) is 0 Å². The van der Waals surface area contributed by atoms with Gasteiger partial charge < -0.3 is 20.1 Å². The van der Waals surface area contributed by atoms with Crippen molar-refractivity contribution >= 4 is 5.96 Å². The van der Waals surface area contributed by atoms with Gasteiger partial charge in [-0.1, -0.05) is 32.0 Å². The molecule has 1 unspecified atom stereocenters. The molecule has 6 nitrogen and oxygen atoms in total. The Morgan fingerprint density at radius 1 is 1.22 bits per heavy atom. The van der Waals surface area contributed by atoms with Crippen LogP contribution in [-0.4, -0.2) is 63.4 Å². The highest BCUT2D eigenvalue weighted by Gasteiger charge is 2.22. The number of guanidine groups is 1. The second-order valence-corrected chi connectivity index (χ2v) is 7.32. The van der Waals surface area contributed by atoms with Gasteiger partial charge in [0, 0.05) is 37.8 Å². The molecule has 0 spiro atoms. The Morgan fingerprint density at radius 2 is 1.96 bits per heavy atom. The maximum Gasteiger partial charge on any atom is 0.191 e. The predicted molar refractivity (Wildman–Crippen MR) is 111 cm³/mol. The Kier molecular flexibility index (Phi) is 9.42. The van der Waals surface area contributed by atoms with Gasteiger partial charge in [0.25, 0.3) is 0 Å². The van der Waals surface area contributed by atoms with Crippen LogP contribution in [0, 0.1) is 5.92 Å². The van der Waals surface area contributed by atoms with Crippen molar-refractivity contribution in [3.63, 3.8) is 0 Å². The van der Waals surface area contributed by atoms with E-state index < -0.39 is 0 Å². The van der Waals surface area contributed by atoms with Crippen molar-refractivity contribution < 1.29 is 9.47 Å². The quantitative estimate of drug-likeness (QED) is 0.512. The van der Waals surface area contributed by atoms with Crippen molar-refractivity contribution in [3.05, 3.63) is 29.8 Å². The van der Waals surface area contributed by atoms with Crippen molar-refractivity contribution in [2.45, 2.75) is 39.8 Å². The highest BCUT2D eigenvalue weighted by atomic mass is 16.5. The third-order valence-electron chi connectivity index (χ3n) is 4.75. The van der Waals surface area contributed by atoms with E-state index in [4.69, 9.17) is 14.5 Å². The van der Waals surface area contributed by atoms with E-state index in [0.29, 0.717) is 18.5 Å². The molecular weight excluding hydrogens is 340 g/mol. The summed E-state index contributed by atoms with van der Waals surface area (Å²) in [5.41, 5.74) is 1.09. The molecule has 1 aliphatic rings. The van der Waals surface area contributed by atoms with Gasteiger partial charge in [0.2, 0.25) is 0 Å². The molecule has 1 saturated heterocycles. The zero-order valence-corrected chi connectivity index (χ0v) is 17.3. The summed E-state index contributed by atoms with van der Waals surface area (Å²) in [7, 11) is 1.70. The maximum atomic E-state index is 5.52. The van der Waals surface area contributed by atoms with Crippen LogP contribution in [0.1, 0.15) is 32.8 Å². The fraction of sp³-hybridized carbons (Fsp3) is 0.667. The first kappa shape index (κ1) is 21.5. The molecule has 0 radical (unpaired) electrons. The molecule has 0 amide bonds. The maximum absolute atomic E-state index is 5.52. The minimum absolute atomic E-state index is 0.490. The number of benzene rings is 1. The fourth-order valence-corrected chi connectivity index (χ4v) is 3.40. The predicted octanol–water partition coefficient (Wildman–Crippen LogP) is 2.50. The smallest absolute Gasteiger partial charge is 0.191 e. The molecule has 0 bridgehead atoms. The van der Waals surface area contributed by atoms with Crippen LogP contribution in [0.5, 0.6) is 5.75 Å². The van der Waals surface area contributed by atoms with Crippen LogP contribution in [0.25, 0.3) is 0 Å². The van der Waals surface area contributed by atoms with E-state index in [1.54, 1.807) is 7.11 Å².